The molecule has 0 saturated heterocycles. The van der Waals surface area contributed by atoms with E-state index in [1.54, 1.807) is 6.07 Å². The largest absolute Gasteiger partial charge is 0.458 e. The Hall–Kier alpha value is -1.38. The van der Waals surface area contributed by atoms with Crippen molar-refractivity contribution in [1.82, 2.24) is 4.98 Å². The van der Waals surface area contributed by atoms with Gasteiger partial charge in [-0.05, 0) is 26.0 Å². The predicted molar refractivity (Wildman–Crippen MR) is 56.9 cm³/mol. The van der Waals surface area contributed by atoms with Crippen molar-refractivity contribution in [3.63, 3.8) is 0 Å². The first kappa shape index (κ1) is 10.1. The second-order valence-corrected chi connectivity index (χ2v) is 4.62. The molecule has 3 heteroatoms. The Morgan fingerprint density at radius 2 is 2.07 bits per heavy atom. The lowest BCUT2D eigenvalue weighted by Crippen LogP contribution is -2.42. The highest BCUT2D eigenvalue weighted by molar-refractivity contribution is 5.92. The predicted octanol–water partition coefficient (Wildman–Crippen LogP) is 2.23. The third-order valence-corrected chi connectivity index (χ3v) is 3.16. The molecule has 0 amide bonds. The average molecular weight is 205 g/mol. The summed E-state index contributed by atoms with van der Waals surface area (Å²) >= 11 is 0. The highest BCUT2D eigenvalue weighted by Gasteiger charge is 2.40. The van der Waals surface area contributed by atoms with E-state index in [4.69, 9.17) is 4.74 Å². The van der Waals surface area contributed by atoms with Crippen LogP contribution in [0.2, 0.25) is 0 Å². The van der Waals surface area contributed by atoms with Gasteiger partial charge in [-0.15, -0.1) is 0 Å². The standard InChI is InChI=1S/C12H15NO2/c1-7-5-6-9-10(13-7)12(3,4)8(2)15-11(9)14/h5-6,8H,1-4H3/t8-/m1/s1. The normalized spacial score (nSPS) is 23.2. The summed E-state index contributed by atoms with van der Waals surface area (Å²) in [4.78, 5) is 16.1. The van der Waals surface area contributed by atoms with Crippen molar-refractivity contribution in [1.29, 1.82) is 0 Å². The second-order valence-electron chi connectivity index (χ2n) is 4.62. The van der Waals surface area contributed by atoms with Crippen molar-refractivity contribution < 1.29 is 9.53 Å². The van der Waals surface area contributed by atoms with Crippen LogP contribution in [0.1, 0.15) is 42.5 Å². The molecule has 0 spiro atoms. The molecule has 1 aromatic heterocycles. The van der Waals surface area contributed by atoms with Crippen molar-refractivity contribution in [3.05, 3.63) is 29.1 Å². The van der Waals surface area contributed by atoms with E-state index in [0.717, 1.165) is 11.4 Å². The van der Waals surface area contributed by atoms with E-state index >= 15 is 0 Å². The summed E-state index contributed by atoms with van der Waals surface area (Å²) in [6, 6.07) is 3.64. The van der Waals surface area contributed by atoms with E-state index < -0.39 is 0 Å². The van der Waals surface area contributed by atoms with E-state index in [-0.39, 0.29) is 17.5 Å². The number of carbonyl (C=O) groups excluding carboxylic acids is 1. The molecule has 0 aromatic carbocycles. The van der Waals surface area contributed by atoms with Gasteiger partial charge in [0, 0.05) is 11.1 Å². The second kappa shape index (κ2) is 3.05. The fourth-order valence-electron chi connectivity index (χ4n) is 1.78. The Bertz CT molecular complexity index is 424. The third kappa shape index (κ3) is 1.42. The quantitative estimate of drug-likeness (QED) is 0.610. The molecule has 0 unspecified atom stereocenters. The number of pyridine rings is 1. The first-order valence-electron chi connectivity index (χ1n) is 5.12. The number of cyclic esters (lactones) is 1. The van der Waals surface area contributed by atoms with Crippen molar-refractivity contribution >= 4 is 5.97 Å². The fraction of sp³-hybridized carbons (Fsp3) is 0.500. The Morgan fingerprint density at radius 3 is 2.73 bits per heavy atom. The van der Waals surface area contributed by atoms with E-state index in [0.29, 0.717) is 5.56 Å². The van der Waals surface area contributed by atoms with Crippen LogP contribution >= 0.6 is 0 Å². The molecule has 3 nitrogen and oxygen atoms in total. The third-order valence-electron chi connectivity index (χ3n) is 3.16. The number of ether oxygens (including phenoxy) is 1. The lowest BCUT2D eigenvalue weighted by atomic mass is 9.79. The molecule has 0 fully saturated rings. The Labute approximate surface area is 89.5 Å². The highest BCUT2D eigenvalue weighted by Crippen LogP contribution is 2.35. The minimum atomic E-state index is -0.260. The van der Waals surface area contributed by atoms with Crippen molar-refractivity contribution in [2.45, 2.75) is 39.2 Å². The minimum absolute atomic E-state index is 0.133. The summed E-state index contributed by atoms with van der Waals surface area (Å²) in [5.41, 5.74) is 2.17. The van der Waals surface area contributed by atoms with Gasteiger partial charge >= 0.3 is 5.97 Å². The molecule has 1 atom stereocenters. The minimum Gasteiger partial charge on any atom is -0.458 e. The number of hydrogen-bond donors (Lipinski definition) is 0. The molecule has 2 heterocycles. The van der Waals surface area contributed by atoms with Gasteiger partial charge in [-0.25, -0.2) is 4.79 Å². The van der Waals surface area contributed by atoms with E-state index in [1.807, 2.05) is 19.9 Å². The molecule has 80 valence electrons. The van der Waals surface area contributed by atoms with Crippen LogP contribution in [0.3, 0.4) is 0 Å². The number of esters is 1. The maximum Gasteiger partial charge on any atom is 0.340 e. The molecule has 2 rings (SSSR count). The Morgan fingerprint density at radius 1 is 1.40 bits per heavy atom. The number of rotatable bonds is 0. The van der Waals surface area contributed by atoms with Crippen LogP contribution in [0.15, 0.2) is 12.1 Å². The highest BCUT2D eigenvalue weighted by atomic mass is 16.5. The summed E-state index contributed by atoms with van der Waals surface area (Å²) in [6.07, 6.45) is -0.133. The monoisotopic (exact) mass is 205 g/mol. The number of fused-ring (bicyclic) bond motifs is 1. The van der Waals surface area contributed by atoms with Gasteiger partial charge < -0.3 is 4.74 Å². The van der Waals surface area contributed by atoms with Gasteiger partial charge in [0.1, 0.15) is 6.10 Å². The van der Waals surface area contributed by atoms with Gasteiger partial charge in [0.2, 0.25) is 0 Å². The molecule has 1 aliphatic heterocycles. The van der Waals surface area contributed by atoms with Crippen LogP contribution in [0.4, 0.5) is 0 Å². The van der Waals surface area contributed by atoms with Crippen LogP contribution in [0.5, 0.6) is 0 Å². The van der Waals surface area contributed by atoms with Crippen LogP contribution in [-0.2, 0) is 10.2 Å². The van der Waals surface area contributed by atoms with Gasteiger partial charge in [0.05, 0.1) is 11.3 Å². The summed E-state index contributed by atoms with van der Waals surface area (Å²) in [7, 11) is 0. The number of nitrogens with zero attached hydrogens (tertiary/aromatic N) is 1. The maximum atomic E-state index is 11.6. The maximum absolute atomic E-state index is 11.6. The summed E-state index contributed by atoms with van der Waals surface area (Å²) in [5, 5.41) is 0. The first-order valence-corrected chi connectivity index (χ1v) is 5.12. The SMILES string of the molecule is Cc1ccc2c(n1)C(C)(C)[C@@H](C)OC2=O. The van der Waals surface area contributed by atoms with Crippen molar-refractivity contribution in [2.75, 3.05) is 0 Å². The van der Waals surface area contributed by atoms with E-state index in [9.17, 15) is 4.79 Å². The number of aromatic nitrogens is 1. The molecule has 0 radical (unpaired) electrons. The van der Waals surface area contributed by atoms with Crippen LogP contribution in [0.25, 0.3) is 0 Å². The first-order chi connectivity index (χ1) is 6.93. The number of carbonyl (C=O) groups is 1. The summed E-state index contributed by atoms with van der Waals surface area (Å²) in [5.74, 6) is -0.260. The lowest BCUT2D eigenvalue weighted by Gasteiger charge is -2.36. The molecular formula is C12H15NO2. The topological polar surface area (TPSA) is 39.2 Å². The number of aryl methyl sites for hydroxylation is 1. The van der Waals surface area contributed by atoms with Crippen molar-refractivity contribution in [2.24, 2.45) is 0 Å². The van der Waals surface area contributed by atoms with Crippen molar-refractivity contribution in [3.8, 4) is 0 Å². The van der Waals surface area contributed by atoms with Gasteiger partial charge in [-0.3, -0.25) is 4.98 Å². The molecule has 0 N–H and O–H groups in total. The zero-order valence-electron chi connectivity index (χ0n) is 9.50. The van der Waals surface area contributed by atoms with Gasteiger partial charge in [-0.2, -0.15) is 0 Å². The zero-order valence-corrected chi connectivity index (χ0v) is 9.50. The molecule has 0 saturated carbocycles. The van der Waals surface area contributed by atoms with Crippen LogP contribution < -0.4 is 0 Å². The van der Waals surface area contributed by atoms with Gasteiger partial charge in [0.25, 0.3) is 0 Å². The Kier molecular flexibility index (Phi) is 2.07. The summed E-state index contributed by atoms with van der Waals surface area (Å²) in [6.45, 7) is 7.94. The summed E-state index contributed by atoms with van der Waals surface area (Å²) < 4.78 is 5.29. The molecule has 15 heavy (non-hydrogen) atoms. The molecule has 1 aromatic rings. The van der Waals surface area contributed by atoms with Crippen LogP contribution in [0, 0.1) is 6.92 Å². The Balaban J connectivity index is 2.66. The lowest BCUT2D eigenvalue weighted by molar-refractivity contribution is 0.00856. The molecular weight excluding hydrogens is 190 g/mol. The molecule has 1 aliphatic rings. The molecule has 0 bridgehead atoms. The van der Waals surface area contributed by atoms with E-state index in [1.165, 1.54) is 0 Å². The average Bonchev–Trinajstić information content (AvgIpc) is 2.15. The van der Waals surface area contributed by atoms with E-state index in [2.05, 4.69) is 18.8 Å². The smallest absolute Gasteiger partial charge is 0.340 e. The fourth-order valence-corrected chi connectivity index (χ4v) is 1.78. The zero-order chi connectivity index (χ0) is 11.2. The van der Waals surface area contributed by atoms with Crippen LogP contribution in [-0.4, -0.2) is 17.1 Å². The van der Waals surface area contributed by atoms with Gasteiger partial charge in [0.15, 0.2) is 0 Å². The number of hydrogen-bond acceptors (Lipinski definition) is 3. The van der Waals surface area contributed by atoms with Gasteiger partial charge in [-0.1, -0.05) is 13.8 Å². The molecule has 0 aliphatic carbocycles.